The molecule has 3 saturated heterocycles. The highest BCUT2D eigenvalue weighted by atomic mass is 16.5. The number of nitrogens with zero attached hydrogens (tertiary/aromatic N) is 1. The summed E-state index contributed by atoms with van der Waals surface area (Å²) in [5.74, 6) is -1.02. The van der Waals surface area contributed by atoms with Gasteiger partial charge in [-0.3, -0.25) is 19.3 Å². The number of ketones is 2. The highest BCUT2D eigenvalue weighted by Crippen LogP contribution is 2.60. The lowest BCUT2D eigenvalue weighted by atomic mass is 9.65. The number of carbonyl (C=O) groups excluding carboxylic acids is 3. The number of aliphatic hydroxyl groups is 1. The number of ether oxygens (including phenoxy) is 1. The number of rotatable bonds is 0. The van der Waals surface area contributed by atoms with Crippen molar-refractivity contribution in [3.63, 3.8) is 0 Å². The molecule has 1 unspecified atom stereocenters. The van der Waals surface area contributed by atoms with Crippen LogP contribution in [0.15, 0.2) is 11.1 Å². The van der Waals surface area contributed by atoms with Crippen molar-refractivity contribution in [3.8, 4) is 0 Å². The van der Waals surface area contributed by atoms with Gasteiger partial charge in [0.15, 0.2) is 11.6 Å². The van der Waals surface area contributed by atoms with Crippen molar-refractivity contribution in [2.24, 2.45) is 23.2 Å². The topological polar surface area (TPSA) is 83.9 Å². The first-order chi connectivity index (χ1) is 12.8. The number of fused-ring (bicyclic) bond motifs is 2. The maximum Gasteiger partial charge on any atom is 0.305 e. The average molecular weight is 373 g/mol. The van der Waals surface area contributed by atoms with Gasteiger partial charge in [-0.25, -0.2) is 0 Å². The second-order valence-electron chi connectivity index (χ2n) is 9.47. The predicted octanol–water partition coefficient (Wildman–Crippen LogP) is 1.26. The number of Topliss-reactive ketones (excluding diaryl/α,β-unsaturated/α-hetero) is 2. The molecule has 0 aromatic rings. The van der Waals surface area contributed by atoms with Crippen molar-refractivity contribution < 1.29 is 24.2 Å². The molecule has 6 heteroatoms. The molecule has 0 saturated carbocycles. The van der Waals surface area contributed by atoms with E-state index in [9.17, 15) is 19.5 Å². The minimum atomic E-state index is -1.45. The Morgan fingerprint density at radius 1 is 1.19 bits per heavy atom. The smallest absolute Gasteiger partial charge is 0.305 e. The maximum absolute atomic E-state index is 13.4. The van der Waals surface area contributed by atoms with Crippen molar-refractivity contribution in [2.45, 2.75) is 57.6 Å². The van der Waals surface area contributed by atoms with Gasteiger partial charge in [-0.1, -0.05) is 13.8 Å². The summed E-state index contributed by atoms with van der Waals surface area (Å²) >= 11 is 0. The summed E-state index contributed by atoms with van der Waals surface area (Å²) in [7, 11) is 0. The van der Waals surface area contributed by atoms with Gasteiger partial charge < -0.3 is 9.84 Å². The van der Waals surface area contributed by atoms with Crippen LogP contribution in [0.3, 0.4) is 0 Å². The normalized spacial score (nSPS) is 47.1. The van der Waals surface area contributed by atoms with Gasteiger partial charge in [0, 0.05) is 49.2 Å². The highest BCUT2D eigenvalue weighted by Gasteiger charge is 2.65. The van der Waals surface area contributed by atoms with Gasteiger partial charge in [-0.15, -0.1) is 0 Å². The van der Waals surface area contributed by atoms with E-state index < -0.39 is 5.60 Å². The molecule has 4 bridgehead atoms. The monoisotopic (exact) mass is 373 g/mol. The summed E-state index contributed by atoms with van der Waals surface area (Å²) in [5, 5.41) is 11.4. The van der Waals surface area contributed by atoms with Crippen LogP contribution in [0.2, 0.25) is 0 Å². The number of hydrogen-bond acceptors (Lipinski definition) is 6. The summed E-state index contributed by atoms with van der Waals surface area (Å²) in [5.41, 5.74) is -0.546. The Bertz CT molecular complexity index is 787. The highest BCUT2D eigenvalue weighted by molar-refractivity contribution is 6.26. The maximum atomic E-state index is 13.4. The summed E-state index contributed by atoms with van der Waals surface area (Å²) in [6, 6.07) is 0.0449. The number of hydrogen-bond donors (Lipinski definition) is 1. The van der Waals surface area contributed by atoms with Crippen LogP contribution in [0.5, 0.6) is 0 Å². The van der Waals surface area contributed by atoms with Gasteiger partial charge in [-0.05, 0) is 30.8 Å². The molecule has 3 heterocycles. The number of esters is 1. The quantitative estimate of drug-likeness (QED) is 0.508. The molecule has 6 atom stereocenters. The molecular formula is C21H27NO5. The van der Waals surface area contributed by atoms with Crippen molar-refractivity contribution in [1.82, 2.24) is 4.90 Å². The van der Waals surface area contributed by atoms with Crippen LogP contribution in [0.4, 0.5) is 0 Å². The van der Waals surface area contributed by atoms with E-state index in [4.69, 9.17) is 4.74 Å². The van der Waals surface area contributed by atoms with Gasteiger partial charge >= 0.3 is 5.97 Å². The van der Waals surface area contributed by atoms with Crippen LogP contribution in [0.1, 0.15) is 46.0 Å². The molecule has 0 radical (unpaired) electrons. The second-order valence-corrected chi connectivity index (χ2v) is 9.47. The van der Waals surface area contributed by atoms with E-state index in [1.54, 1.807) is 0 Å². The predicted molar refractivity (Wildman–Crippen MR) is 95.6 cm³/mol. The Morgan fingerprint density at radius 2 is 1.96 bits per heavy atom. The standard InChI is InChI=1S/C21H27NO5/c1-11-9-22-10-13-3-4-16(23)27-6-5-12-7-14-17(18(12)24)19(25)21(11,26)8-15(22)20(13,14)2/h11-13,15,26H,3-10H2,1-2H3/t11-,12-,13?,15-,20+,21+/m1/s1. The van der Waals surface area contributed by atoms with E-state index in [1.165, 1.54) is 0 Å². The van der Waals surface area contributed by atoms with Crippen molar-refractivity contribution in [3.05, 3.63) is 11.1 Å². The van der Waals surface area contributed by atoms with Crippen molar-refractivity contribution in [2.75, 3.05) is 19.7 Å². The third-order valence-corrected chi connectivity index (χ3v) is 8.33. The largest absolute Gasteiger partial charge is 0.466 e. The number of piperidine rings is 1. The molecule has 27 heavy (non-hydrogen) atoms. The fourth-order valence-corrected chi connectivity index (χ4v) is 6.61. The van der Waals surface area contributed by atoms with Crippen LogP contribution in [-0.2, 0) is 19.1 Å². The Labute approximate surface area is 158 Å². The number of cyclic esters (lactones) is 1. The van der Waals surface area contributed by atoms with Crippen molar-refractivity contribution >= 4 is 17.5 Å². The Hall–Kier alpha value is -1.53. The third kappa shape index (κ3) is 2.11. The van der Waals surface area contributed by atoms with Gasteiger partial charge in [0.05, 0.1) is 12.2 Å². The van der Waals surface area contributed by atoms with E-state index in [2.05, 4.69) is 11.8 Å². The minimum absolute atomic E-state index is 0.0449. The molecule has 3 aliphatic heterocycles. The Balaban J connectivity index is 1.72. The van der Waals surface area contributed by atoms with Gasteiger partial charge in [-0.2, -0.15) is 0 Å². The van der Waals surface area contributed by atoms with Gasteiger partial charge in [0.1, 0.15) is 5.60 Å². The van der Waals surface area contributed by atoms with Crippen LogP contribution in [0, 0.1) is 23.2 Å². The molecule has 0 aromatic carbocycles. The average Bonchev–Trinajstić information content (AvgIpc) is 3.06. The SMILES string of the molecule is C[C@@H]1CN2CC3CCC(=O)OCC[C@@H]4CC5=C(C4=O)C(=O)[C@]1(O)C[C@@H]2[C@]53C. The van der Waals surface area contributed by atoms with Crippen LogP contribution in [-0.4, -0.2) is 58.9 Å². The molecule has 3 fully saturated rings. The fourth-order valence-electron chi connectivity index (χ4n) is 6.61. The zero-order chi connectivity index (χ0) is 19.1. The minimum Gasteiger partial charge on any atom is -0.466 e. The first-order valence-corrected chi connectivity index (χ1v) is 10.2. The van der Waals surface area contributed by atoms with Gasteiger partial charge in [0.25, 0.3) is 0 Å². The van der Waals surface area contributed by atoms with Crippen molar-refractivity contribution in [1.29, 1.82) is 0 Å². The first-order valence-electron chi connectivity index (χ1n) is 10.2. The van der Waals surface area contributed by atoms with E-state index in [1.807, 2.05) is 6.92 Å². The first kappa shape index (κ1) is 17.6. The molecule has 5 aliphatic rings. The Kier molecular flexibility index (Phi) is 3.58. The molecule has 1 N–H and O–H groups in total. The van der Waals surface area contributed by atoms with E-state index in [-0.39, 0.29) is 53.4 Å². The molecule has 5 rings (SSSR count). The lowest BCUT2D eigenvalue weighted by molar-refractivity contribution is -0.149. The summed E-state index contributed by atoms with van der Waals surface area (Å²) in [4.78, 5) is 41.2. The molecule has 0 aromatic heterocycles. The Morgan fingerprint density at radius 3 is 2.74 bits per heavy atom. The lowest BCUT2D eigenvalue weighted by Gasteiger charge is -2.47. The zero-order valence-corrected chi connectivity index (χ0v) is 16.0. The molecule has 2 aliphatic carbocycles. The molecule has 6 nitrogen and oxygen atoms in total. The van der Waals surface area contributed by atoms with Crippen LogP contribution < -0.4 is 0 Å². The van der Waals surface area contributed by atoms with E-state index in [0.717, 1.165) is 12.1 Å². The van der Waals surface area contributed by atoms with Crippen LogP contribution in [0.25, 0.3) is 0 Å². The third-order valence-electron chi connectivity index (χ3n) is 8.33. The molecule has 0 spiro atoms. The fraction of sp³-hybridized carbons (Fsp3) is 0.762. The second kappa shape index (κ2) is 5.51. The molecule has 146 valence electrons. The molecule has 0 amide bonds. The lowest BCUT2D eigenvalue weighted by Crippen LogP contribution is -2.59. The summed E-state index contributed by atoms with van der Waals surface area (Å²) in [6.45, 7) is 5.81. The molecular weight excluding hydrogens is 346 g/mol. The van der Waals surface area contributed by atoms with E-state index in [0.29, 0.717) is 44.2 Å². The van der Waals surface area contributed by atoms with Crippen LogP contribution >= 0.6 is 0 Å². The number of carbonyl (C=O) groups is 3. The van der Waals surface area contributed by atoms with Gasteiger partial charge in [0.2, 0.25) is 0 Å². The van der Waals surface area contributed by atoms with E-state index >= 15 is 0 Å². The zero-order valence-electron chi connectivity index (χ0n) is 16.0. The summed E-state index contributed by atoms with van der Waals surface area (Å²) in [6.07, 6.45) is 2.47. The summed E-state index contributed by atoms with van der Waals surface area (Å²) < 4.78 is 5.33.